The highest BCUT2D eigenvalue weighted by atomic mass is 14.5. The van der Waals surface area contributed by atoms with Gasteiger partial charge in [-0.15, -0.1) is 0 Å². The molecule has 5 aromatic carbocycles. The number of hydrogen-bond acceptors (Lipinski definition) is 0. The zero-order chi connectivity index (χ0) is 22.7. The van der Waals surface area contributed by atoms with Crippen molar-refractivity contribution in [3.8, 4) is 22.3 Å². The van der Waals surface area contributed by atoms with E-state index in [4.69, 9.17) is 0 Å². The number of aryl methyl sites for hydroxylation is 1. The molecule has 34 heavy (non-hydrogen) atoms. The Morgan fingerprint density at radius 2 is 0.971 bits per heavy atom. The lowest BCUT2D eigenvalue weighted by molar-refractivity contribution is 0.766. The molecule has 5 aromatic rings. The van der Waals surface area contributed by atoms with Crippen molar-refractivity contribution in [3.63, 3.8) is 0 Å². The first-order chi connectivity index (χ1) is 16.8. The fourth-order valence-electron chi connectivity index (χ4n) is 6.09. The number of benzene rings is 5. The van der Waals surface area contributed by atoms with Crippen LogP contribution in [0.15, 0.2) is 115 Å². The molecular formula is C34H24. The average molecular weight is 433 g/mol. The second-order valence-corrected chi connectivity index (χ2v) is 9.43. The van der Waals surface area contributed by atoms with Crippen LogP contribution in [0, 0.1) is 6.92 Å². The van der Waals surface area contributed by atoms with Crippen molar-refractivity contribution in [1.82, 2.24) is 0 Å². The summed E-state index contributed by atoms with van der Waals surface area (Å²) in [6.07, 6.45) is 4.61. The lowest BCUT2D eigenvalue weighted by atomic mass is 9.66. The topological polar surface area (TPSA) is 0 Å². The van der Waals surface area contributed by atoms with Crippen molar-refractivity contribution < 1.29 is 0 Å². The number of rotatable bonds is 1. The smallest absolute Gasteiger partial charge is 0.0619 e. The molecule has 0 bridgehead atoms. The first-order valence-electron chi connectivity index (χ1n) is 12.0. The molecule has 7 rings (SSSR count). The Morgan fingerprint density at radius 3 is 1.68 bits per heavy atom. The summed E-state index contributed by atoms with van der Waals surface area (Å²) >= 11 is 0. The molecule has 0 heteroatoms. The molecule has 0 nitrogen and oxygen atoms in total. The van der Waals surface area contributed by atoms with Gasteiger partial charge in [0.15, 0.2) is 0 Å². The Labute approximate surface area is 200 Å². The maximum Gasteiger partial charge on any atom is 0.0725 e. The minimum absolute atomic E-state index is 0.339. The van der Waals surface area contributed by atoms with E-state index < -0.39 is 0 Å². The van der Waals surface area contributed by atoms with Crippen LogP contribution in [0.25, 0.3) is 34.4 Å². The van der Waals surface area contributed by atoms with E-state index in [0.29, 0.717) is 0 Å². The normalized spacial score (nSPS) is 14.1. The van der Waals surface area contributed by atoms with Crippen LogP contribution in [0.2, 0.25) is 0 Å². The third-order valence-corrected chi connectivity index (χ3v) is 7.60. The summed E-state index contributed by atoms with van der Waals surface area (Å²) in [4.78, 5) is 0. The Morgan fingerprint density at radius 1 is 0.441 bits per heavy atom. The van der Waals surface area contributed by atoms with Crippen molar-refractivity contribution in [2.75, 3.05) is 0 Å². The van der Waals surface area contributed by atoms with Gasteiger partial charge in [-0.2, -0.15) is 0 Å². The van der Waals surface area contributed by atoms with Crippen LogP contribution in [0.3, 0.4) is 0 Å². The summed E-state index contributed by atoms with van der Waals surface area (Å²) < 4.78 is 0. The molecular weight excluding hydrogens is 408 g/mol. The predicted octanol–water partition coefficient (Wildman–Crippen LogP) is 8.51. The Bertz CT molecular complexity index is 1550. The molecule has 0 aromatic heterocycles. The first-order valence-corrected chi connectivity index (χ1v) is 12.0. The van der Waals surface area contributed by atoms with Crippen molar-refractivity contribution in [3.05, 3.63) is 154 Å². The van der Waals surface area contributed by atoms with Gasteiger partial charge >= 0.3 is 0 Å². The monoisotopic (exact) mass is 432 g/mol. The van der Waals surface area contributed by atoms with Gasteiger partial charge in [-0.3, -0.25) is 0 Å². The largest absolute Gasteiger partial charge is 0.0725 e. The highest BCUT2D eigenvalue weighted by molar-refractivity contribution is 5.91. The third kappa shape index (κ3) is 2.54. The molecule has 0 heterocycles. The third-order valence-electron chi connectivity index (χ3n) is 7.60. The quantitative estimate of drug-likeness (QED) is 0.244. The molecule has 0 atom stereocenters. The molecule has 0 saturated carbocycles. The van der Waals surface area contributed by atoms with Crippen molar-refractivity contribution in [2.24, 2.45) is 0 Å². The molecule has 1 spiro atoms. The molecule has 0 amide bonds. The van der Waals surface area contributed by atoms with Crippen LogP contribution < -0.4 is 0 Å². The van der Waals surface area contributed by atoms with Crippen LogP contribution in [0.4, 0.5) is 0 Å². The highest BCUT2D eigenvalue weighted by Gasteiger charge is 2.48. The van der Waals surface area contributed by atoms with Gasteiger partial charge in [-0.05, 0) is 68.6 Å². The summed E-state index contributed by atoms with van der Waals surface area (Å²) in [6.45, 7) is 2.14. The number of hydrogen-bond donors (Lipinski definition) is 0. The molecule has 0 aliphatic heterocycles. The van der Waals surface area contributed by atoms with E-state index in [1.165, 1.54) is 61.2 Å². The van der Waals surface area contributed by atoms with Gasteiger partial charge in [0.1, 0.15) is 0 Å². The van der Waals surface area contributed by atoms with Crippen LogP contribution in [-0.4, -0.2) is 0 Å². The molecule has 0 unspecified atom stereocenters. The molecule has 2 aliphatic carbocycles. The first kappa shape index (κ1) is 19.3. The predicted molar refractivity (Wildman–Crippen MR) is 143 cm³/mol. The van der Waals surface area contributed by atoms with Crippen LogP contribution >= 0.6 is 0 Å². The fourth-order valence-corrected chi connectivity index (χ4v) is 6.09. The Kier molecular flexibility index (Phi) is 4.07. The summed E-state index contributed by atoms with van der Waals surface area (Å²) in [6, 6.07) is 42.7. The van der Waals surface area contributed by atoms with Gasteiger partial charge in [0.25, 0.3) is 0 Å². The van der Waals surface area contributed by atoms with E-state index >= 15 is 0 Å². The van der Waals surface area contributed by atoms with Crippen LogP contribution in [0.5, 0.6) is 0 Å². The fraction of sp³-hybridized carbons (Fsp3) is 0.0588. The number of fused-ring (bicyclic) bond motifs is 9. The molecule has 0 saturated heterocycles. The SMILES string of the molecule is Cc1ccc(-c2ccc3c(c2)C=Cc2ccccc2C32c3ccccc3-c3ccccc32)cc1. The maximum atomic E-state index is 2.37. The van der Waals surface area contributed by atoms with E-state index in [1.807, 2.05) is 0 Å². The van der Waals surface area contributed by atoms with Crippen molar-refractivity contribution >= 4 is 12.2 Å². The van der Waals surface area contributed by atoms with E-state index in [2.05, 4.69) is 134 Å². The van der Waals surface area contributed by atoms with Gasteiger partial charge in [0, 0.05) is 0 Å². The molecule has 0 radical (unpaired) electrons. The maximum absolute atomic E-state index is 2.37. The zero-order valence-electron chi connectivity index (χ0n) is 19.1. The molecule has 160 valence electrons. The summed E-state index contributed by atoms with van der Waals surface area (Å²) in [5, 5.41) is 0. The van der Waals surface area contributed by atoms with E-state index in [1.54, 1.807) is 0 Å². The summed E-state index contributed by atoms with van der Waals surface area (Å²) in [7, 11) is 0. The highest BCUT2D eigenvalue weighted by Crippen LogP contribution is 2.58. The van der Waals surface area contributed by atoms with Gasteiger partial charge in [-0.1, -0.05) is 127 Å². The van der Waals surface area contributed by atoms with Gasteiger partial charge in [-0.25, -0.2) is 0 Å². The second-order valence-electron chi connectivity index (χ2n) is 9.43. The zero-order valence-corrected chi connectivity index (χ0v) is 19.1. The van der Waals surface area contributed by atoms with E-state index in [-0.39, 0.29) is 5.41 Å². The minimum Gasteiger partial charge on any atom is -0.0619 e. The molecule has 0 N–H and O–H groups in total. The van der Waals surface area contributed by atoms with Crippen LogP contribution in [-0.2, 0) is 5.41 Å². The second kappa shape index (κ2) is 7.17. The Balaban J connectivity index is 1.59. The van der Waals surface area contributed by atoms with E-state index in [9.17, 15) is 0 Å². The van der Waals surface area contributed by atoms with Crippen LogP contribution in [0.1, 0.15) is 38.9 Å². The van der Waals surface area contributed by atoms with E-state index in [0.717, 1.165) is 0 Å². The van der Waals surface area contributed by atoms with Crippen molar-refractivity contribution in [2.45, 2.75) is 12.3 Å². The standard InChI is InChI=1S/C34H24/c1-23-14-16-24(17-15-23)26-20-21-31-27(22-26)19-18-25-8-2-5-11-30(25)34(31)32-12-6-3-9-28(32)29-10-4-7-13-33(29)34/h2-22H,1H3. The average Bonchev–Trinajstić information content (AvgIpc) is 3.10. The molecule has 0 fully saturated rings. The Hall–Kier alpha value is -4.16. The lowest BCUT2D eigenvalue weighted by Crippen LogP contribution is -2.29. The molecule has 2 aliphatic rings. The van der Waals surface area contributed by atoms with Gasteiger partial charge < -0.3 is 0 Å². The van der Waals surface area contributed by atoms with Gasteiger partial charge in [0.05, 0.1) is 5.41 Å². The van der Waals surface area contributed by atoms with Gasteiger partial charge in [0.2, 0.25) is 0 Å². The summed E-state index contributed by atoms with van der Waals surface area (Å²) in [5.74, 6) is 0. The van der Waals surface area contributed by atoms with Crippen molar-refractivity contribution in [1.29, 1.82) is 0 Å². The minimum atomic E-state index is -0.339. The lowest BCUT2D eigenvalue weighted by Gasteiger charge is -2.35. The summed E-state index contributed by atoms with van der Waals surface area (Å²) in [5.41, 5.74) is 14.1.